The van der Waals surface area contributed by atoms with Gasteiger partial charge in [0, 0.05) is 12.6 Å². The van der Waals surface area contributed by atoms with Crippen molar-refractivity contribution in [1.29, 1.82) is 0 Å². The zero-order valence-corrected chi connectivity index (χ0v) is 11.2. The Labute approximate surface area is 109 Å². The first-order valence-corrected chi connectivity index (χ1v) is 8.38. The molecule has 0 saturated carbocycles. The molecule has 3 nitrogen and oxygen atoms in total. The number of sulfone groups is 1. The van der Waals surface area contributed by atoms with Crippen LogP contribution in [-0.2, 0) is 22.7 Å². The smallest absolute Gasteiger partial charge is 0.154 e. The lowest BCUT2D eigenvalue weighted by atomic mass is 10.1. The van der Waals surface area contributed by atoms with Crippen LogP contribution in [-0.4, -0.2) is 32.0 Å². The van der Waals surface area contributed by atoms with E-state index in [2.05, 4.69) is 29.6 Å². The highest BCUT2D eigenvalue weighted by Crippen LogP contribution is 2.23. The molecule has 1 N–H and O–H groups in total. The van der Waals surface area contributed by atoms with Gasteiger partial charge in [-0.25, -0.2) is 8.42 Å². The third kappa shape index (κ3) is 2.31. The van der Waals surface area contributed by atoms with Gasteiger partial charge in [-0.15, -0.1) is 0 Å². The summed E-state index contributed by atoms with van der Waals surface area (Å²) in [6, 6.07) is 8.90. The minimum atomic E-state index is -2.81. The number of hydrogen-bond donors (Lipinski definition) is 1. The predicted octanol–water partition coefficient (Wildman–Crippen LogP) is 1.32. The third-order valence-corrected chi connectivity index (χ3v) is 6.42. The van der Waals surface area contributed by atoms with Crippen molar-refractivity contribution in [3.8, 4) is 0 Å². The number of benzene rings is 1. The van der Waals surface area contributed by atoms with Crippen LogP contribution in [0.1, 0.15) is 24.0 Å². The molecule has 1 heterocycles. The summed E-state index contributed by atoms with van der Waals surface area (Å²) in [6.45, 7) is 0.626. The first kappa shape index (κ1) is 12.2. The molecule has 98 valence electrons. The van der Waals surface area contributed by atoms with E-state index in [9.17, 15) is 8.42 Å². The van der Waals surface area contributed by atoms with Crippen molar-refractivity contribution in [3.63, 3.8) is 0 Å². The number of nitrogens with one attached hydrogen (secondary N) is 1. The molecule has 1 aliphatic heterocycles. The van der Waals surface area contributed by atoms with Crippen LogP contribution < -0.4 is 5.32 Å². The molecule has 1 aromatic carbocycles. The second-order valence-electron chi connectivity index (χ2n) is 5.41. The van der Waals surface area contributed by atoms with Gasteiger partial charge in [-0.1, -0.05) is 24.3 Å². The van der Waals surface area contributed by atoms with Crippen molar-refractivity contribution < 1.29 is 8.42 Å². The van der Waals surface area contributed by atoms with E-state index >= 15 is 0 Å². The van der Waals surface area contributed by atoms with Gasteiger partial charge in [-0.05, 0) is 36.8 Å². The average molecular weight is 265 g/mol. The fourth-order valence-corrected chi connectivity index (χ4v) is 4.87. The van der Waals surface area contributed by atoms with E-state index in [0.717, 1.165) is 25.7 Å². The maximum Gasteiger partial charge on any atom is 0.154 e. The molecule has 0 radical (unpaired) electrons. The number of hydrogen-bond acceptors (Lipinski definition) is 3. The fraction of sp³-hybridized carbons (Fsp3) is 0.571. The van der Waals surface area contributed by atoms with Crippen molar-refractivity contribution in [3.05, 3.63) is 35.4 Å². The SMILES string of the molecule is O=S1(=O)CCCC1CNC1Cc2ccccc2C1. The van der Waals surface area contributed by atoms with E-state index in [1.807, 2.05) is 0 Å². The van der Waals surface area contributed by atoms with E-state index in [0.29, 0.717) is 18.3 Å². The topological polar surface area (TPSA) is 46.2 Å². The Morgan fingerprint density at radius 1 is 1.17 bits per heavy atom. The lowest BCUT2D eigenvalue weighted by molar-refractivity contribution is 0.512. The molecule has 1 fully saturated rings. The van der Waals surface area contributed by atoms with Crippen LogP contribution in [0.5, 0.6) is 0 Å². The quantitative estimate of drug-likeness (QED) is 0.896. The molecule has 0 spiro atoms. The molecule has 2 aliphatic rings. The van der Waals surface area contributed by atoms with Crippen LogP contribution in [0.4, 0.5) is 0 Å². The summed E-state index contributed by atoms with van der Waals surface area (Å²) in [5.41, 5.74) is 2.81. The first-order chi connectivity index (χ1) is 8.65. The fourth-order valence-electron chi connectivity index (χ4n) is 3.09. The zero-order chi connectivity index (χ0) is 12.6. The Kier molecular flexibility index (Phi) is 3.16. The third-order valence-electron chi connectivity index (χ3n) is 4.15. The highest BCUT2D eigenvalue weighted by molar-refractivity contribution is 7.92. The average Bonchev–Trinajstić information content (AvgIpc) is 2.89. The van der Waals surface area contributed by atoms with Crippen LogP contribution in [0, 0.1) is 0 Å². The summed E-state index contributed by atoms with van der Waals surface area (Å²) in [7, 11) is -2.81. The molecule has 0 aromatic heterocycles. The van der Waals surface area contributed by atoms with Crippen molar-refractivity contribution >= 4 is 9.84 Å². The molecule has 0 amide bonds. The Balaban J connectivity index is 1.58. The van der Waals surface area contributed by atoms with E-state index in [4.69, 9.17) is 0 Å². The van der Waals surface area contributed by atoms with Gasteiger partial charge in [0.2, 0.25) is 0 Å². The molecular weight excluding hydrogens is 246 g/mol. The summed E-state index contributed by atoms with van der Waals surface area (Å²) < 4.78 is 23.5. The summed E-state index contributed by atoms with van der Waals surface area (Å²) in [4.78, 5) is 0. The van der Waals surface area contributed by atoms with Gasteiger partial charge in [0.1, 0.15) is 0 Å². The van der Waals surface area contributed by atoms with Crippen LogP contribution >= 0.6 is 0 Å². The molecule has 3 rings (SSSR count). The van der Waals surface area contributed by atoms with Gasteiger partial charge in [0.15, 0.2) is 9.84 Å². The maximum absolute atomic E-state index is 11.7. The summed E-state index contributed by atoms with van der Waals surface area (Å²) >= 11 is 0. The van der Waals surface area contributed by atoms with Gasteiger partial charge in [0.05, 0.1) is 11.0 Å². The molecular formula is C14H19NO2S. The Morgan fingerprint density at radius 3 is 2.39 bits per heavy atom. The maximum atomic E-state index is 11.7. The van der Waals surface area contributed by atoms with Crippen LogP contribution in [0.2, 0.25) is 0 Å². The van der Waals surface area contributed by atoms with E-state index in [1.165, 1.54) is 11.1 Å². The highest BCUT2D eigenvalue weighted by Gasteiger charge is 2.32. The van der Waals surface area contributed by atoms with Gasteiger partial charge in [0.25, 0.3) is 0 Å². The van der Waals surface area contributed by atoms with Crippen LogP contribution in [0.25, 0.3) is 0 Å². The van der Waals surface area contributed by atoms with Crippen molar-refractivity contribution in [1.82, 2.24) is 5.32 Å². The van der Waals surface area contributed by atoms with Gasteiger partial charge >= 0.3 is 0 Å². The van der Waals surface area contributed by atoms with E-state index in [-0.39, 0.29) is 5.25 Å². The van der Waals surface area contributed by atoms with E-state index < -0.39 is 9.84 Å². The first-order valence-electron chi connectivity index (χ1n) is 6.67. The molecule has 1 atom stereocenters. The van der Waals surface area contributed by atoms with Crippen molar-refractivity contribution in [2.24, 2.45) is 0 Å². The lowest BCUT2D eigenvalue weighted by Gasteiger charge is -2.15. The number of fused-ring (bicyclic) bond motifs is 1. The summed E-state index contributed by atoms with van der Waals surface area (Å²) in [5, 5.41) is 3.30. The summed E-state index contributed by atoms with van der Waals surface area (Å²) in [6.07, 6.45) is 3.72. The Morgan fingerprint density at radius 2 is 1.83 bits per heavy atom. The predicted molar refractivity (Wildman–Crippen MR) is 72.4 cm³/mol. The minimum Gasteiger partial charge on any atom is -0.312 e. The van der Waals surface area contributed by atoms with E-state index in [1.54, 1.807) is 0 Å². The number of rotatable bonds is 3. The molecule has 0 bridgehead atoms. The molecule has 1 aliphatic carbocycles. The normalized spacial score (nSPS) is 26.3. The molecule has 4 heteroatoms. The Bertz CT molecular complexity index is 513. The molecule has 18 heavy (non-hydrogen) atoms. The van der Waals surface area contributed by atoms with Gasteiger partial charge in [-0.3, -0.25) is 0 Å². The largest absolute Gasteiger partial charge is 0.312 e. The second-order valence-corrected chi connectivity index (χ2v) is 7.81. The molecule has 1 saturated heterocycles. The lowest BCUT2D eigenvalue weighted by Crippen LogP contribution is -2.37. The van der Waals surface area contributed by atoms with Crippen LogP contribution in [0.3, 0.4) is 0 Å². The highest BCUT2D eigenvalue weighted by atomic mass is 32.2. The summed E-state index contributed by atoms with van der Waals surface area (Å²) in [5.74, 6) is 0.379. The van der Waals surface area contributed by atoms with Gasteiger partial charge in [-0.2, -0.15) is 0 Å². The monoisotopic (exact) mass is 265 g/mol. The Hall–Kier alpha value is -0.870. The minimum absolute atomic E-state index is 0.152. The van der Waals surface area contributed by atoms with Gasteiger partial charge < -0.3 is 5.32 Å². The molecule has 1 aromatic rings. The second kappa shape index (κ2) is 4.67. The molecule has 1 unspecified atom stereocenters. The van der Waals surface area contributed by atoms with Crippen molar-refractivity contribution in [2.45, 2.75) is 37.0 Å². The standard InChI is InChI=1S/C14H19NO2S/c16-18(17)7-3-6-14(18)10-15-13-8-11-4-1-2-5-12(11)9-13/h1-2,4-5,13-15H,3,6-10H2. The van der Waals surface area contributed by atoms with Crippen molar-refractivity contribution in [2.75, 3.05) is 12.3 Å². The van der Waals surface area contributed by atoms with Crippen LogP contribution in [0.15, 0.2) is 24.3 Å². The zero-order valence-electron chi connectivity index (χ0n) is 10.4.